The second-order valence-corrected chi connectivity index (χ2v) is 10.6. The summed E-state index contributed by atoms with van der Waals surface area (Å²) in [4.78, 5) is 32.4. The van der Waals surface area contributed by atoms with E-state index in [1.165, 1.54) is 17.5 Å². The molecule has 36 heavy (non-hydrogen) atoms. The number of imide groups is 1. The Morgan fingerprint density at radius 2 is 1.69 bits per heavy atom. The summed E-state index contributed by atoms with van der Waals surface area (Å²) in [5.41, 5.74) is 2.72. The molecule has 3 amide bonds. The van der Waals surface area contributed by atoms with Crippen LogP contribution in [0.25, 0.3) is 10.2 Å². The van der Waals surface area contributed by atoms with Crippen molar-refractivity contribution in [3.63, 3.8) is 0 Å². The van der Waals surface area contributed by atoms with Gasteiger partial charge in [-0.3, -0.25) is 19.7 Å². The molecule has 4 aromatic rings. The summed E-state index contributed by atoms with van der Waals surface area (Å²) in [6.45, 7) is 3.14. The Morgan fingerprint density at radius 1 is 0.972 bits per heavy atom. The molecule has 0 aliphatic carbocycles. The van der Waals surface area contributed by atoms with Crippen LogP contribution in [-0.2, 0) is 6.54 Å². The number of nitrogens with zero attached hydrogens (tertiary/aromatic N) is 2. The number of carbonyl (C=O) groups excluding carboxylic acids is 2. The van der Waals surface area contributed by atoms with Crippen LogP contribution >= 0.6 is 23.3 Å². The lowest BCUT2D eigenvalue weighted by Crippen LogP contribution is -2.38. The Hall–Kier alpha value is -3.40. The van der Waals surface area contributed by atoms with Gasteiger partial charge in [0.1, 0.15) is 0 Å². The van der Waals surface area contributed by atoms with E-state index in [0.29, 0.717) is 11.6 Å². The Morgan fingerprint density at radius 3 is 2.44 bits per heavy atom. The molecule has 1 saturated heterocycles. The zero-order valence-electron chi connectivity index (χ0n) is 19.6. The summed E-state index contributed by atoms with van der Waals surface area (Å²) in [5, 5.41) is 6.88. The third kappa shape index (κ3) is 6.42. The quantitative estimate of drug-likeness (QED) is 0.280. The minimum Gasteiger partial charge on any atom is -0.359 e. The zero-order chi connectivity index (χ0) is 24.7. The van der Waals surface area contributed by atoms with Crippen LogP contribution in [0.1, 0.15) is 28.8 Å². The van der Waals surface area contributed by atoms with Crippen molar-refractivity contribution in [3.05, 3.63) is 90.0 Å². The SMILES string of the molecule is O=C(NSc1ccc2nc(NC3CCN(Cc4ccccc4)CC3)sc2c1)NC(=O)c1ccccc1. The normalized spacial score (nSPS) is 14.4. The van der Waals surface area contributed by atoms with Crippen molar-refractivity contribution in [1.82, 2.24) is 19.9 Å². The molecular weight excluding hydrogens is 490 g/mol. The first-order valence-corrected chi connectivity index (χ1v) is 13.5. The van der Waals surface area contributed by atoms with E-state index in [-0.39, 0.29) is 0 Å². The number of hydrogen-bond acceptors (Lipinski definition) is 7. The highest BCUT2D eigenvalue weighted by Gasteiger charge is 2.20. The fraction of sp³-hybridized carbons (Fsp3) is 0.222. The lowest BCUT2D eigenvalue weighted by atomic mass is 10.0. The number of likely N-dealkylation sites (tertiary alicyclic amines) is 1. The maximum absolute atomic E-state index is 12.1. The van der Waals surface area contributed by atoms with Crippen molar-refractivity contribution in [2.75, 3.05) is 18.4 Å². The van der Waals surface area contributed by atoms with Gasteiger partial charge in [-0.1, -0.05) is 59.9 Å². The summed E-state index contributed by atoms with van der Waals surface area (Å²) in [6.07, 6.45) is 2.18. The van der Waals surface area contributed by atoms with Gasteiger partial charge >= 0.3 is 6.03 Å². The predicted molar refractivity (Wildman–Crippen MR) is 146 cm³/mol. The lowest BCUT2D eigenvalue weighted by Gasteiger charge is -2.32. The Bertz CT molecular complexity index is 1320. The first kappa shape index (κ1) is 24.3. The third-order valence-electron chi connectivity index (χ3n) is 6.05. The molecule has 1 aliphatic rings. The summed E-state index contributed by atoms with van der Waals surface area (Å²) in [5.74, 6) is -0.437. The molecule has 1 aliphatic heterocycles. The highest BCUT2D eigenvalue weighted by atomic mass is 32.2. The maximum Gasteiger partial charge on any atom is 0.331 e. The van der Waals surface area contributed by atoms with Crippen LogP contribution in [0.2, 0.25) is 0 Å². The topological polar surface area (TPSA) is 86.4 Å². The average molecular weight is 518 g/mol. The first-order valence-electron chi connectivity index (χ1n) is 11.9. The Kier molecular flexibility index (Phi) is 7.80. The van der Waals surface area contributed by atoms with Crippen molar-refractivity contribution >= 4 is 50.6 Å². The van der Waals surface area contributed by atoms with E-state index in [0.717, 1.165) is 52.7 Å². The van der Waals surface area contributed by atoms with Crippen LogP contribution in [0, 0.1) is 0 Å². The number of anilines is 1. The molecule has 1 aromatic heterocycles. The van der Waals surface area contributed by atoms with Crippen molar-refractivity contribution in [3.8, 4) is 0 Å². The molecule has 5 rings (SSSR count). The maximum atomic E-state index is 12.1. The monoisotopic (exact) mass is 517 g/mol. The van der Waals surface area contributed by atoms with Crippen LogP contribution < -0.4 is 15.4 Å². The van der Waals surface area contributed by atoms with Crippen molar-refractivity contribution in [1.29, 1.82) is 0 Å². The van der Waals surface area contributed by atoms with Gasteiger partial charge in [0.25, 0.3) is 5.91 Å². The first-order chi connectivity index (χ1) is 17.6. The highest BCUT2D eigenvalue weighted by Crippen LogP contribution is 2.30. The largest absolute Gasteiger partial charge is 0.359 e. The number of aromatic nitrogens is 1. The minimum absolute atomic E-state index is 0.416. The molecule has 3 aromatic carbocycles. The standard InChI is InChI=1S/C27H27N5O2S2/c33-25(20-9-5-2-6-10-20)30-26(34)31-36-22-11-12-23-24(17-22)35-27(29-23)28-21-13-15-32(16-14-21)18-19-7-3-1-4-8-19/h1-12,17,21H,13-16,18H2,(H,28,29)(H2,30,31,33,34). The fourth-order valence-corrected chi connectivity index (χ4v) is 5.81. The number of benzene rings is 3. The molecule has 0 radical (unpaired) electrons. The van der Waals surface area contributed by atoms with E-state index in [1.54, 1.807) is 35.6 Å². The van der Waals surface area contributed by atoms with Crippen molar-refractivity contribution in [2.45, 2.75) is 30.3 Å². The Labute approximate surface area is 218 Å². The van der Waals surface area contributed by atoms with Gasteiger partial charge in [0.15, 0.2) is 5.13 Å². The number of rotatable bonds is 7. The number of piperidine rings is 1. The van der Waals surface area contributed by atoms with Gasteiger partial charge in [-0.2, -0.15) is 0 Å². The number of fused-ring (bicyclic) bond motifs is 1. The van der Waals surface area contributed by atoms with E-state index in [1.807, 2.05) is 24.3 Å². The molecule has 0 bridgehead atoms. The second kappa shape index (κ2) is 11.6. The molecule has 0 unspecified atom stereocenters. The van der Waals surface area contributed by atoms with E-state index in [2.05, 4.69) is 50.6 Å². The van der Waals surface area contributed by atoms with Crippen LogP contribution in [0.15, 0.2) is 83.8 Å². The van der Waals surface area contributed by atoms with Gasteiger partial charge in [-0.15, -0.1) is 0 Å². The third-order valence-corrected chi connectivity index (χ3v) is 7.78. The van der Waals surface area contributed by atoms with Crippen LogP contribution in [-0.4, -0.2) is 41.0 Å². The molecule has 9 heteroatoms. The van der Waals surface area contributed by atoms with Gasteiger partial charge < -0.3 is 5.32 Å². The molecule has 0 spiro atoms. The molecule has 1 fully saturated rings. The summed E-state index contributed by atoms with van der Waals surface area (Å²) < 4.78 is 3.72. The van der Waals surface area contributed by atoms with Gasteiger partial charge in [0.2, 0.25) is 0 Å². The number of nitrogens with one attached hydrogen (secondary N) is 3. The summed E-state index contributed by atoms with van der Waals surface area (Å²) in [6, 6.07) is 25.0. The Balaban J connectivity index is 1.11. The highest BCUT2D eigenvalue weighted by molar-refractivity contribution is 7.98. The summed E-state index contributed by atoms with van der Waals surface area (Å²) in [7, 11) is 0. The fourth-order valence-electron chi connectivity index (χ4n) is 4.18. The van der Waals surface area contributed by atoms with Crippen molar-refractivity contribution < 1.29 is 9.59 Å². The molecular formula is C27H27N5O2S2. The average Bonchev–Trinajstić information content (AvgIpc) is 3.31. The second-order valence-electron chi connectivity index (χ2n) is 8.68. The van der Waals surface area contributed by atoms with E-state index in [9.17, 15) is 9.59 Å². The summed E-state index contributed by atoms with van der Waals surface area (Å²) >= 11 is 2.78. The van der Waals surface area contributed by atoms with E-state index in [4.69, 9.17) is 4.98 Å². The van der Waals surface area contributed by atoms with Crippen LogP contribution in [0.5, 0.6) is 0 Å². The van der Waals surface area contributed by atoms with E-state index < -0.39 is 11.9 Å². The van der Waals surface area contributed by atoms with Crippen LogP contribution in [0.3, 0.4) is 0 Å². The zero-order valence-corrected chi connectivity index (χ0v) is 21.3. The number of thiazole rings is 1. The molecule has 7 nitrogen and oxygen atoms in total. The lowest BCUT2D eigenvalue weighted by molar-refractivity contribution is 0.0965. The number of amides is 3. The number of carbonyl (C=O) groups is 2. The van der Waals surface area contributed by atoms with Gasteiger partial charge in [-0.25, -0.2) is 9.78 Å². The smallest absolute Gasteiger partial charge is 0.331 e. The minimum atomic E-state index is -0.556. The van der Waals surface area contributed by atoms with Crippen molar-refractivity contribution in [2.24, 2.45) is 0 Å². The molecule has 0 saturated carbocycles. The van der Waals surface area contributed by atoms with Crippen LogP contribution in [0.4, 0.5) is 9.93 Å². The molecule has 0 atom stereocenters. The van der Waals surface area contributed by atoms with Gasteiger partial charge in [0, 0.05) is 36.1 Å². The number of urea groups is 1. The predicted octanol–water partition coefficient (Wildman–Crippen LogP) is 5.52. The molecule has 3 N–H and O–H groups in total. The van der Waals surface area contributed by atoms with E-state index >= 15 is 0 Å². The number of hydrogen-bond donors (Lipinski definition) is 3. The van der Waals surface area contributed by atoms with Gasteiger partial charge in [-0.05, 0) is 60.7 Å². The van der Waals surface area contributed by atoms with Gasteiger partial charge in [0.05, 0.1) is 10.2 Å². The molecule has 184 valence electrons. The molecule has 2 heterocycles.